The van der Waals surface area contributed by atoms with Gasteiger partial charge in [-0.05, 0) is 12.1 Å². The second-order valence-electron chi connectivity index (χ2n) is 7.98. The number of fused-ring (bicyclic) bond motifs is 2. The zero-order valence-electron chi connectivity index (χ0n) is 17.9. The predicted octanol–water partition coefficient (Wildman–Crippen LogP) is 3.84. The summed E-state index contributed by atoms with van der Waals surface area (Å²) in [5.74, 6) is -2.12. The molecule has 0 fully saturated rings. The van der Waals surface area contributed by atoms with Crippen LogP contribution >= 0.6 is 0 Å². The number of amides is 2. The van der Waals surface area contributed by atoms with E-state index in [0.29, 0.717) is 53.0 Å². The quantitative estimate of drug-likeness (QED) is 0.426. The average molecular weight is 487 g/mol. The van der Waals surface area contributed by atoms with Gasteiger partial charge in [0.2, 0.25) is 0 Å². The van der Waals surface area contributed by atoms with Crippen molar-refractivity contribution >= 4 is 22.8 Å². The zero-order valence-corrected chi connectivity index (χ0v) is 17.9. The third-order valence-electron chi connectivity index (χ3n) is 5.81. The topological polar surface area (TPSA) is 104 Å². The normalized spacial score (nSPS) is 13.7. The summed E-state index contributed by atoms with van der Waals surface area (Å²) in [6.45, 7) is 0.0726. The largest absolute Gasteiger partial charge is 0.463 e. The van der Waals surface area contributed by atoms with Gasteiger partial charge in [0.15, 0.2) is 5.69 Å². The van der Waals surface area contributed by atoms with Crippen molar-refractivity contribution in [3.05, 3.63) is 82.4 Å². The van der Waals surface area contributed by atoms with Crippen LogP contribution in [0.4, 0.5) is 17.6 Å². The Balaban J connectivity index is 1.30. The number of alkyl halides is 3. The minimum atomic E-state index is -4.73. The molecule has 8 nitrogen and oxygen atoms in total. The van der Waals surface area contributed by atoms with E-state index in [-0.39, 0.29) is 23.8 Å². The van der Waals surface area contributed by atoms with Gasteiger partial charge in [-0.1, -0.05) is 18.2 Å². The Labute approximate surface area is 194 Å². The number of carbonyl (C=O) groups is 2. The summed E-state index contributed by atoms with van der Waals surface area (Å²) in [6.07, 6.45) is -2.39. The zero-order chi connectivity index (χ0) is 24.7. The summed E-state index contributed by atoms with van der Waals surface area (Å²) in [5, 5.41) is 9.91. The third-order valence-corrected chi connectivity index (χ3v) is 5.81. The van der Waals surface area contributed by atoms with E-state index in [9.17, 15) is 27.2 Å². The maximum Gasteiger partial charge on any atom is 0.417 e. The Morgan fingerprint density at radius 1 is 1.23 bits per heavy atom. The van der Waals surface area contributed by atoms with E-state index in [4.69, 9.17) is 4.42 Å². The van der Waals surface area contributed by atoms with Crippen LogP contribution in [0.25, 0.3) is 11.0 Å². The van der Waals surface area contributed by atoms with Crippen LogP contribution < -0.4 is 5.32 Å². The number of aromatic nitrogens is 3. The number of aromatic amines is 1. The molecule has 180 valence electrons. The summed E-state index contributed by atoms with van der Waals surface area (Å²) >= 11 is 0. The lowest BCUT2D eigenvalue weighted by molar-refractivity contribution is -0.138. The van der Waals surface area contributed by atoms with Crippen molar-refractivity contribution in [3.63, 3.8) is 0 Å². The first kappa shape index (κ1) is 22.6. The fourth-order valence-corrected chi connectivity index (χ4v) is 3.97. The molecule has 4 aromatic rings. The number of para-hydroxylation sites is 1. The molecule has 12 heteroatoms. The van der Waals surface area contributed by atoms with E-state index in [1.165, 1.54) is 6.26 Å². The van der Waals surface area contributed by atoms with Crippen LogP contribution in [0, 0.1) is 5.82 Å². The number of halogens is 4. The van der Waals surface area contributed by atoms with Gasteiger partial charge < -0.3 is 14.6 Å². The summed E-state index contributed by atoms with van der Waals surface area (Å²) in [6, 6.07) is 7.47. The maximum absolute atomic E-state index is 14.0. The first-order valence-electron chi connectivity index (χ1n) is 10.5. The van der Waals surface area contributed by atoms with Crippen LogP contribution in [0.2, 0.25) is 0 Å². The second-order valence-corrected chi connectivity index (χ2v) is 7.98. The number of H-pyrrole nitrogens is 1. The molecule has 0 atom stereocenters. The van der Waals surface area contributed by atoms with E-state index >= 15 is 0 Å². The van der Waals surface area contributed by atoms with Gasteiger partial charge in [0.1, 0.15) is 17.7 Å². The minimum Gasteiger partial charge on any atom is -0.463 e. The van der Waals surface area contributed by atoms with Crippen molar-refractivity contribution in [2.24, 2.45) is 0 Å². The van der Waals surface area contributed by atoms with Gasteiger partial charge >= 0.3 is 6.18 Å². The molecule has 0 saturated carbocycles. The summed E-state index contributed by atoms with van der Waals surface area (Å²) in [5.41, 5.74) is 0.636. The number of furan rings is 1. The van der Waals surface area contributed by atoms with Crippen molar-refractivity contribution in [3.8, 4) is 0 Å². The Morgan fingerprint density at radius 2 is 2.03 bits per heavy atom. The van der Waals surface area contributed by atoms with Crippen molar-refractivity contribution in [2.75, 3.05) is 6.54 Å². The highest BCUT2D eigenvalue weighted by atomic mass is 19.4. The van der Waals surface area contributed by atoms with Crippen LogP contribution in [-0.2, 0) is 25.7 Å². The number of carbonyl (C=O) groups excluding carboxylic acids is 2. The fourth-order valence-electron chi connectivity index (χ4n) is 3.97. The Morgan fingerprint density at radius 3 is 2.80 bits per heavy atom. The summed E-state index contributed by atoms with van der Waals surface area (Å²) in [7, 11) is 0. The minimum absolute atomic E-state index is 0.0156. The molecule has 0 bridgehead atoms. The number of benzene rings is 1. The number of hydrogen-bond acceptors (Lipinski definition) is 5. The molecule has 5 rings (SSSR count). The van der Waals surface area contributed by atoms with Crippen LogP contribution in [0.15, 0.2) is 47.2 Å². The SMILES string of the molecule is O=C(NCc1ncc(C(F)(F)F)cc1F)c1n[nH]c2c1CN(C(=O)c1coc3ccccc13)CC2. The van der Waals surface area contributed by atoms with E-state index in [1.807, 2.05) is 0 Å². The molecular formula is C23H17F4N5O3. The number of rotatable bonds is 4. The molecule has 0 saturated heterocycles. The summed E-state index contributed by atoms with van der Waals surface area (Å²) in [4.78, 5) is 30.9. The molecule has 1 aliphatic rings. The molecule has 3 aromatic heterocycles. The highest BCUT2D eigenvalue weighted by Gasteiger charge is 2.32. The molecule has 35 heavy (non-hydrogen) atoms. The number of pyridine rings is 1. The van der Waals surface area contributed by atoms with Crippen LogP contribution in [0.1, 0.15) is 43.4 Å². The highest BCUT2D eigenvalue weighted by Crippen LogP contribution is 2.29. The first-order valence-corrected chi connectivity index (χ1v) is 10.5. The van der Waals surface area contributed by atoms with Crippen LogP contribution in [0.3, 0.4) is 0 Å². The van der Waals surface area contributed by atoms with Gasteiger partial charge in [-0.25, -0.2) is 4.39 Å². The molecular weight excluding hydrogens is 470 g/mol. The van der Waals surface area contributed by atoms with Crippen LogP contribution in [0.5, 0.6) is 0 Å². The van der Waals surface area contributed by atoms with Gasteiger partial charge in [-0.3, -0.25) is 19.7 Å². The van der Waals surface area contributed by atoms with Crippen molar-refractivity contribution in [1.82, 2.24) is 25.4 Å². The molecule has 0 radical (unpaired) electrons. The lowest BCUT2D eigenvalue weighted by Gasteiger charge is -2.26. The van der Waals surface area contributed by atoms with Gasteiger partial charge in [0.05, 0.1) is 29.9 Å². The van der Waals surface area contributed by atoms with E-state index in [1.54, 1.807) is 29.2 Å². The lowest BCUT2D eigenvalue weighted by Crippen LogP contribution is -2.36. The molecule has 4 heterocycles. The van der Waals surface area contributed by atoms with Crippen molar-refractivity contribution < 1.29 is 31.6 Å². The van der Waals surface area contributed by atoms with Gasteiger partial charge in [-0.2, -0.15) is 18.3 Å². The summed E-state index contributed by atoms with van der Waals surface area (Å²) < 4.78 is 57.6. The monoisotopic (exact) mass is 487 g/mol. The first-order chi connectivity index (χ1) is 16.7. The molecule has 0 spiro atoms. The van der Waals surface area contributed by atoms with Crippen molar-refractivity contribution in [2.45, 2.75) is 25.7 Å². The van der Waals surface area contributed by atoms with Gasteiger partial charge in [-0.15, -0.1) is 0 Å². The van der Waals surface area contributed by atoms with Gasteiger partial charge in [0.25, 0.3) is 11.8 Å². The van der Waals surface area contributed by atoms with E-state index in [0.717, 1.165) is 0 Å². The Bertz CT molecular complexity index is 1440. The molecule has 1 aromatic carbocycles. The maximum atomic E-state index is 14.0. The van der Waals surface area contributed by atoms with Crippen molar-refractivity contribution in [1.29, 1.82) is 0 Å². The average Bonchev–Trinajstić information content (AvgIpc) is 3.46. The number of nitrogens with one attached hydrogen (secondary N) is 2. The third kappa shape index (κ3) is 4.22. The molecule has 0 aliphatic carbocycles. The number of nitrogens with zero attached hydrogens (tertiary/aromatic N) is 3. The standard InChI is InChI=1S/C23H17F4N5O3/c24-16-7-12(23(25,26)27)8-28-18(16)9-29-21(33)20-14-10-32(6-5-17(14)30-31-20)22(34)15-11-35-19-4-2-1-3-13(15)19/h1-4,7-8,11H,5-6,9-10H2,(H,29,33)(H,30,31). The second kappa shape index (κ2) is 8.53. The molecule has 2 N–H and O–H groups in total. The van der Waals surface area contributed by atoms with Crippen LogP contribution in [-0.4, -0.2) is 38.4 Å². The molecule has 2 amide bonds. The molecule has 1 aliphatic heterocycles. The Kier molecular flexibility index (Phi) is 5.50. The van der Waals surface area contributed by atoms with Gasteiger partial charge in [0, 0.05) is 35.8 Å². The Hall–Kier alpha value is -4.22. The highest BCUT2D eigenvalue weighted by molar-refractivity contribution is 6.06. The lowest BCUT2D eigenvalue weighted by atomic mass is 10.0. The smallest absolute Gasteiger partial charge is 0.417 e. The molecule has 0 unspecified atom stereocenters. The van der Waals surface area contributed by atoms with E-state index in [2.05, 4.69) is 20.5 Å². The fraction of sp³-hybridized carbons (Fsp3) is 0.217. The predicted molar refractivity (Wildman–Crippen MR) is 114 cm³/mol. The number of hydrogen-bond donors (Lipinski definition) is 2. The van der Waals surface area contributed by atoms with E-state index < -0.39 is 30.0 Å².